The van der Waals surface area contributed by atoms with Gasteiger partial charge in [0.15, 0.2) is 5.82 Å². The third-order valence-electron chi connectivity index (χ3n) is 2.76. The molecule has 0 atom stereocenters. The first-order valence-corrected chi connectivity index (χ1v) is 6.62. The van der Waals surface area contributed by atoms with E-state index in [0.29, 0.717) is 17.4 Å². The average molecular weight is 277 g/mol. The van der Waals surface area contributed by atoms with E-state index >= 15 is 0 Å². The van der Waals surface area contributed by atoms with E-state index in [9.17, 15) is 0 Å². The SMILES string of the molecule is Cc1nc(-c2cccc(Cl)c2)ncc1NCCCN. The molecule has 19 heavy (non-hydrogen) atoms. The molecule has 1 aromatic carbocycles. The van der Waals surface area contributed by atoms with Gasteiger partial charge in [0.25, 0.3) is 0 Å². The number of aryl methyl sites for hydroxylation is 1. The van der Waals surface area contributed by atoms with Gasteiger partial charge >= 0.3 is 0 Å². The van der Waals surface area contributed by atoms with Crippen LogP contribution in [-0.4, -0.2) is 23.1 Å². The van der Waals surface area contributed by atoms with E-state index in [2.05, 4.69) is 15.3 Å². The number of nitrogens with one attached hydrogen (secondary N) is 1. The zero-order valence-electron chi connectivity index (χ0n) is 10.9. The van der Waals surface area contributed by atoms with Crippen LogP contribution in [0.25, 0.3) is 11.4 Å². The Balaban J connectivity index is 2.19. The van der Waals surface area contributed by atoms with Gasteiger partial charge in [-0.1, -0.05) is 23.7 Å². The summed E-state index contributed by atoms with van der Waals surface area (Å²) in [5.74, 6) is 0.685. The maximum Gasteiger partial charge on any atom is 0.159 e. The van der Waals surface area contributed by atoms with Crippen LogP contribution in [0.15, 0.2) is 30.5 Å². The van der Waals surface area contributed by atoms with Gasteiger partial charge in [-0.25, -0.2) is 9.97 Å². The van der Waals surface area contributed by atoms with Crippen LogP contribution in [0.4, 0.5) is 5.69 Å². The summed E-state index contributed by atoms with van der Waals surface area (Å²) in [4.78, 5) is 8.87. The van der Waals surface area contributed by atoms with Gasteiger partial charge in [-0.15, -0.1) is 0 Å². The predicted molar refractivity (Wildman–Crippen MR) is 79.4 cm³/mol. The van der Waals surface area contributed by atoms with E-state index in [1.165, 1.54) is 0 Å². The van der Waals surface area contributed by atoms with Crippen LogP contribution < -0.4 is 11.1 Å². The zero-order valence-corrected chi connectivity index (χ0v) is 11.6. The van der Waals surface area contributed by atoms with Gasteiger partial charge in [-0.2, -0.15) is 0 Å². The Morgan fingerprint density at radius 2 is 2.21 bits per heavy atom. The lowest BCUT2D eigenvalue weighted by Crippen LogP contribution is -2.10. The summed E-state index contributed by atoms with van der Waals surface area (Å²) in [5, 5.41) is 3.96. The van der Waals surface area contributed by atoms with Crippen molar-refractivity contribution < 1.29 is 0 Å². The number of anilines is 1. The molecule has 1 aromatic heterocycles. The Morgan fingerprint density at radius 1 is 1.37 bits per heavy atom. The van der Waals surface area contributed by atoms with E-state index in [1.807, 2.05) is 31.2 Å². The molecule has 1 heterocycles. The standard InChI is InChI=1S/C14H17ClN4/c1-10-13(17-7-3-6-16)9-18-14(19-10)11-4-2-5-12(15)8-11/h2,4-5,8-9,17H,3,6-7,16H2,1H3. The molecular formula is C14H17ClN4. The second-order valence-corrected chi connectivity index (χ2v) is 4.71. The molecule has 0 saturated heterocycles. The normalized spacial score (nSPS) is 10.5. The topological polar surface area (TPSA) is 63.8 Å². The van der Waals surface area contributed by atoms with Crippen molar-refractivity contribution in [3.05, 3.63) is 41.2 Å². The molecule has 100 valence electrons. The molecule has 0 fully saturated rings. The molecule has 0 unspecified atom stereocenters. The third-order valence-corrected chi connectivity index (χ3v) is 2.99. The molecule has 3 N–H and O–H groups in total. The summed E-state index contributed by atoms with van der Waals surface area (Å²) in [5.41, 5.74) is 8.24. The Morgan fingerprint density at radius 3 is 2.89 bits per heavy atom. The summed E-state index contributed by atoms with van der Waals surface area (Å²) in [6.07, 6.45) is 2.73. The smallest absolute Gasteiger partial charge is 0.159 e. The number of benzene rings is 1. The first kappa shape index (κ1) is 13.8. The molecule has 0 spiro atoms. The van der Waals surface area contributed by atoms with Crippen LogP contribution in [0.1, 0.15) is 12.1 Å². The molecule has 2 rings (SSSR count). The van der Waals surface area contributed by atoms with Crippen LogP contribution in [0.3, 0.4) is 0 Å². The van der Waals surface area contributed by atoms with Crippen molar-refractivity contribution in [1.82, 2.24) is 9.97 Å². The molecule has 4 nitrogen and oxygen atoms in total. The van der Waals surface area contributed by atoms with E-state index in [1.54, 1.807) is 6.20 Å². The molecule has 0 aliphatic heterocycles. The van der Waals surface area contributed by atoms with Crippen molar-refractivity contribution in [2.24, 2.45) is 5.73 Å². The van der Waals surface area contributed by atoms with Crippen molar-refractivity contribution in [1.29, 1.82) is 0 Å². The third kappa shape index (κ3) is 3.66. The average Bonchev–Trinajstić information content (AvgIpc) is 2.41. The monoisotopic (exact) mass is 276 g/mol. The van der Waals surface area contributed by atoms with Gasteiger partial charge in [0.1, 0.15) is 0 Å². The summed E-state index contributed by atoms with van der Waals surface area (Å²) in [6, 6.07) is 7.53. The second kappa shape index (κ2) is 6.50. The van der Waals surface area contributed by atoms with Crippen molar-refractivity contribution in [3.8, 4) is 11.4 Å². The second-order valence-electron chi connectivity index (χ2n) is 4.27. The van der Waals surface area contributed by atoms with Crippen LogP contribution in [-0.2, 0) is 0 Å². The minimum Gasteiger partial charge on any atom is -0.382 e. The molecule has 0 saturated carbocycles. The summed E-state index contributed by atoms with van der Waals surface area (Å²) < 4.78 is 0. The fourth-order valence-corrected chi connectivity index (χ4v) is 1.92. The zero-order chi connectivity index (χ0) is 13.7. The summed E-state index contributed by atoms with van der Waals surface area (Å²) in [7, 11) is 0. The lowest BCUT2D eigenvalue weighted by molar-refractivity contribution is 0.870. The highest BCUT2D eigenvalue weighted by atomic mass is 35.5. The van der Waals surface area contributed by atoms with Gasteiger partial charge < -0.3 is 11.1 Å². The lowest BCUT2D eigenvalue weighted by Gasteiger charge is -2.09. The van der Waals surface area contributed by atoms with E-state index in [4.69, 9.17) is 17.3 Å². The van der Waals surface area contributed by atoms with Crippen molar-refractivity contribution in [2.75, 3.05) is 18.4 Å². The predicted octanol–water partition coefficient (Wildman–Crippen LogP) is 2.87. The lowest BCUT2D eigenvalue weighted by atomic mass is 10.2. The molecule has 0 amide bonds. The molecule has 0 radical (unpaired) electrons. The number of aromatic nitrogens is 2. The maximum atomic E-state index is 5.97. The summed E-state index contributed by atoms with van der Waals surface area (Å²) in [6.45, 7) is 3.46. The van der Waals surface area contributed by atoms with Gasteiger partial charge in [-0.05, 0) is 32.0 Å². The fourth-order valence-electron chi connectivity index (χ4n) is 1.73. The number of rotatable bonds is 5. The van der Waals surface area contributed by atoms with Crippen molar-refractivity contribution >= 4 is 17.3 Å². The molecule has 0 aliphatic carbocycles. The Hall–Kier alpha value is -1.65. The fraction of sp³-hybridized carbons (Fsp3) is 0.286. The Bertz CT molecular complexity index is 557. The quantitative estimate of drug-likeness (QED) is 0.824. The number of nitrogens with two attached hydrogens (primary N) is 1. The van der Waals surface area contributed by atoms with E-state index in [-0.39, 0.29) is 0 Å². The Labute approximate surface area is 118 Å². The highest BCUT2D eigenvalue weighted by Crippen LogP contribution is 2.21. The molecule has 0 aliphatic rings. The van der Waals surface area contributed by atoms with Crippen LogP contribution in [0, 0.1) is 6.92 Å². The largest absolute Gasteiger partial charge is 0.382 e. The first-order valence-electron chi connectivity index (χ1n) is 6.24. The highest BCUT2D eigenvalue weighted by molar-refractivity contribution is 6.30. The van der Waals surface area contributed by atoms with E-state index in [0.717, 1.165) is 29.9 Å². The van der Waals surface area contributed by atoms with Gasteiger partial charge in [0.2, 0.25) is 0 Å². The number of halogens is 1. The van der Waals surface area contributed by atoms with Gasteiger partial charge in [0, 0.05) is 17.1 Å². The number of hydrogen-bond acceptors (Lipinski definition) is 4. The number of hydrogen-bond donors (Lipinski definition) is 2. The molecule has 0 bridgehead atoms. The van der Waals surface area contributed by atoms with Crippen LogP contribution in [0.2, 0.25) is 5.02 Å². The van der Waals surface area contributed by atoms with E-state index < -0.39 is 0 Å². The molecular weight excluding hydrogens is 260 g/mol. The van der Waals surface area contributed by atoms with Gasteiger partial charge in [0.05, 0.1) is 17.6 Å². The molecule has 5 heteroatoms. The van der Waals surface area contributed by atoms with Gasteiger partial charge in [-0.3, -0.25) is 0 Å². The Kier molecular flexibility index (Phi) is 4.71. The molecule has 2 aromatic rings. The maximum absolute atomic E-state index is 5.97. The number of nitrogens with zero attached hydrogens (tertiary/aromatic N) is 2. The minimum atomic E-state index is 0.674. The van der Waals surface area contributed by atoms with Crippen molar-refractivity contribution in [3.63, 3.8) is 0 Å². The minimum absolute atomic E-state index is 0.674. The summed E-state index contributed by atoms with van der Waals surface area (Å²) >= 11 is 5.97. The van der Waals surface area contributed by atoms with Crippen LogP contribution in [0.5, 0.6) is 0 Å². The van der Waals surface area contributed by atoms with Crippen molar-refractivity contribution in [2.45, 2.75) is 13.3 Å². The van der Waals surface area contributed by atoms with Crippen LogP contribution >= 0.6 is 11.6 Å². The first-order chi connectivity index (χ1) is 9.20. The highest BCUT2D eigenvalue weighted by Gasteiger charge is 2.05.